The van der Waals surface area contributed by atoms with Gasteiger partial charge in [-0.2, -0.15) is 0 Å². The lowest BCUT2D eigenvalue weighted by molar-refractivity contribution is 0.266. The van der Waals surface area contributed by atoms with Gasteiger partial charge in [0.2, 0.25) is 0 Å². The standard InChI is InChI=1S/C15H22N2O/c1-17(2)15-10-8-13(9-11-15)6-4-3-5-7-14(16)12-18/h3-6,8-11,14,18H,7,12,16H2,1-2H3/b5-3+,6-4+. The molecule has 98 valence electrons. The zero-order valence-electron chi connectivity index (χ0n) is 11.1. The van der Waals surface area contributed by atoms with Crippen LogP contribution >= 0.6 is 0 Å². The molecule has 0 radical (unpaired) electrons. The average molecular weight is 246 g/mol. The summed E-state index contributed by atoms with van der Waals surface area (Å²) in [5.41, 5.74) is 7.94. The van der Waals surface area contributed by atoms with E-state index < -0.39 is 0 Å². The van der Waals surface area contributed by atoms with Crippen LogP contribution in [-0.4, -0.2) is 31.9 Å². The third-order valence-corrected chi connectivity index (χ3v) is 2.62. The van der Waals surface area contributed by atoms with Gasteiger partial charge in [0.25, 0.3) is 0 Å². The molecule has 0 bridgehead atoms. The Balaban J connectivity index is 2.47. The molecule has 0 saturated carbocycles. The minimum atomic E-state index is -0.158. The molecule has 3 nitrogen and oxygen atoms in total. The molecule has 18 heavy (non-hydrogen) atoms. The Morgan fingerprint density at radius 3 is 2.44 bits per heavy atom. The van der Waals surface area contributed by atoms with Gasteiger partial charge in [-0.25, -0.2) is 0 Å². The fourth-order valence-electron chi connectivity index (χ4n) is 1.46. The molecule has 0 fully saturated rings. The van der Waals surface area contributed by atoms with E-state index in [1.807, 2.05) is 38.4 Å². The lowest BCUT2D eigenvalue weighted by atomic mass is 10.1. The van der Waals surface area contributed by atoms with Gasteiger partial charge in [-0.1, -0.05) is 36.4 Å². The minimum absolute atomic E-state index is 0.0278. The van der Waals surface area contributed by atoms with Crippen LogP contribution in [-0.2, 0) is 0 Å². The SMILES string of the molecule is CN(C)c1ccc(/C=C/C=C/CC(N)CO)cc1. The lowest BCUT2D eigenvalue weighted by Gasteiger charge is -2.11. The van der Waals surface area contributed by atoms with Crippen molar-refractivity contribution in [3.63, 3.8) is 0 Å². The summed E-state index contributed by atoms with van der Waals surface area (Å²) >= 11 is 0. The molecule has 0 aliphatic heterocycles. The monoisotopic (exact) mass is 246 g/mol. The third kappa shape index (κ3) is 5.17. The Morgan fingerprint density at radius 1 is 1.22 bits per heavy atom. The van der Waals surface area contributed by atoms with Crippen molar-refractivity contribution in [2.75, 3.05) is 25.6 Å². The normalized spacial score (nSPS) is 13.3. The van der Waals surface area contributed by atoms with E-state index >= 15 is 0 Å². The van der Waals surface area contributed by atoms with E-state index in [0.29, 0.717) is 6.42 Å². The number of nitrogens with zero attached hydrogens (tertiary/aromatic N) is 1. The van der Waals surface area contributed by atoms with Crippen molar-refractivity contribution in [3.8, 4) is 0 Å². The van der Waals surface area contributed by atoms with E-state index in [9.17, 15) is 0 Å². The first-order valence-corrected chi connectivity index (χ1v) is 6.10. The Hall–Kier alpha value is -1.58. The number of hydrogen-bond donors (Lipinski definition) is 2. The summed E-state index contributed by atoms with van der Waals surface area (Å²) in [4.78, 5) is 2.07. The van der Waals surface area contributed by atoms with Gasteiger partial charge in [0, 0.05) is 25.8 Å². The summed E-state index contributed by atoms with van der Waals surface area (Å²) in [6.07, 6.45) is 8.64. The van der Waals surface area contributed by atoms with Gasteiger partial charge >= 0.3 is 0 Å². The van der Waals surface area contributed by atoms with Crippen LogP contribution in [0.5, 0.6) is 0 Å². The fourth-order valence-corrected chi connectivity index (χ4v) is 1.46. The number of nitrogens with two attached hydrogens (primary N) is 1. The second kappa shape index (κ2) is 7.69. The van der Waals surface area contributed by atoms with E-state index in [2.05, 4.69) is 29.2 Å². The summed E-state index contributed by atoms with van der Waals surface area (Å²) < 4.78 is 0. The molecule has 0 spiro atoms. The summed E-state index contributed by atoms with van der Waals surface area (Å²) in [5.74, 6) is 0. The highest BCUT2D eigenvalue weighted by Crippen LogP contribution is 2.13. The smallest absolute Gasteiger partial charge is 0.0585 e. The molecule has 1 aromatic carbocycles. The van der Waals surface area contributed by atoms with Crippen molar-refractivity contribution in [3.05, 3.63) is 48.1 Å². The number of aliphatic hydroxyl groups excluding tert-OH is 1. The third-order valence-electron chi connectivity index (χ3n) is 2.62. The van der Waals surface area contributed by atoms with Crippen molar-refractivity contribution >= 4 is 11.8 Å². The molecular weight excluding hydrogens is 224 g/mol. The summed E-state index contributed by atoms with van der Waals surface area (Å²) in [6.45, 7) is 0.0278. The maximum absolute atomic E-state index is 8.76. The Bertz CT molecular complexity index is 393. The predicted molar refractivity (Wildman–Crippen MR) is 78.6 cm³/mol. The summed E-state index contributed by atoms with van der Waals surface area (Å²) in [7, 11) is 4.05. The molecule has 0 aliphatic rings. The first-order chi connectivity index (χ1) is 8.63. The quantitative estimate of drug-likeness (QED) is 0.755. The van der Waals surface area contributed by atoms with Crippen molar-refractivity contribution < 1.29 is 5.11 Å². The zero-order chi connectivity index (χ0) is 13.4. The maximum atomic E-state index is 8.76. The van der Waals surface area contributed by atoms with Crippen LogP contribution in [0.1, 0.15) is 12.0 Å². The molecule has 3 heteroatoms. The lowest BCUT2D eigenvalue weighted by Crippen LogP contribution is -2.22. The molecule has 0 aromatic heterocycles. The largest absolute Gasteiger partial charge is 0.395 e. The number of hydrogen-bond acceptors (Lipinski definition) is 3. The number of allylic oxidation sites excluding steroid dienone is 2. The van der Waals surface area contributed by atoms with E-state index in [4.69, 9.17) is 10.8 Å². The molecule has 1 atom stereocenters. The van der Waals surface area contributed by atoms with Crippen LogP contribution in [0.2, 0.25) is 0 Å². The van der Waals surface area contributed by atoms with E-state index in [1.165, 1.54) is 5.69 Å². The van der Waals surface area contributed by atoms with Gasteiger partial charge in [-0.05, 0) is 24.1 Å². The number of aliphatic hydroxyl groups is 1. The highest BCUT2D eigenvalue weighted by molar-refractivity contribution is 5.56. The van der Waals surface area contributed by atoms with Crippen LogP contribution in [0, 0.1) is 0 Å². The van der Waals surface area contributed by atoms with E-state index in [1.54, 1.807) is 0 Å². The molecule has 1 rings (SSSR count). The summed E-state index contributed by atoms with van der Waals surface area (Å²) in [6, 6.07) is 8.18. The molecule has 1 aromatic rings. The molecule has 0 aliphatic carbocycles. The van der Waals surface area contributed by atoms with Crippen LogP contribution in [0.25, 0.3) is 6.08 Å². The Labute approximate surface area is 109 Å². The Kier molecular flexibility index (Phi) is 6.19. The van der Waals surface area contributed by atoms with Crippen molar-refractivity contribution in [2.45, 2.75) is 12.5 Å². The molecule has 1 unspecified atom stereocenters. The fraction of sp³-hybridized carbons (Fsp3) is 0.333. The highest BCUT2D eigenvalue weighted by Gasteiger charge is 1.94. The number of rotatable bonds is 6. The van der Waals surface area contributed by atoms with Gasteiger partial charge in [0.15, 0.2) is 0 Å². The van der Waals surface area contributed by atoms with Crippen molar-refractivity contribution in [1.29, 1.82) is 0 Å². The molecule has 3 N–H and O–H groups in total. The zero-order valence-corrected chi connectivity index (χ0v) is 11.1. The van der Waals surface area contributed by atoms with Gasteiger partial charge in [0.05, 0.1) is 6.61 Å². The second-order valence-electron chi connectivity index (χ2n) is 4.45. The van der Waals surface area contributed by atoms with Crippen LogP contribution in [0.15, 0.2) is 42.5 Å². The first kappa shape index (κ1) is 14.5. The van der Waals surface area contributed by atoms with Crippen LogP contribution in [0.3, 0.4) is 0 Å². The Morgan fingerprint density at radius 2 is 1.89 bits per heavy atom. The van der Waals surface area contributed by atoms with Gasteiger partial charge in [0.1, 0.15) is 0 Å². The number of anilines is 1. The van der Waals surface area contributed by atoms with E-state index in [0.717, 1.165) is 5.56 Å². The van der Waals surface area contributed by atoms with Gasteiger partial charge in [-0.3, -0.25) is 0 Å². The topological polar surface area (TPSA) is 49.5 Å². The predicted octanol–water partition coefficient (Wildman–Crippen LogP) is 2.03. The highest BCUT2D eigenvalue weighted by atomic mass is 16.3. The van der Waals surface area contributed by atoms with E-state index in [-0.39, 0.29) is 12.6 Å². The molecule has 0 saturated heterocycles. The number of benzene rings is 1. The van der Waals surface area contributed by atoms with Crippen LogP contribution < -0.4 is 10.6 Å². The van der Waals surface area contributed by atoms with Gasteiger partial charge < -0.3 is 15.7 Å². The average Bonchev–Trinajstić information content (AvgIpc) is 2.38. The van der Waals surface area contributed by atoms with Gasteiger partial charge in [-0.15, -0.1) is 0 Å². The van der Waals surface area contributed by atoms with Crippen LogP contribution in [0.4, 0.5) is 5.69 Å². The van der Waals surface area contributed by atoms with Crippen molar-refractivity contribution in [2.24, 2.45) is 5.73 Å². The van der Waals surface area contributed by atoms with Crippen molar-refractivity contribution in [1.82, 2.24) is 0 Å². The minimum Gasteiger partial charge on any atom is -0.395 e. The maximum Gasteiger partial charge on any atom is 0.0585 e. The first-order valence-electron chi connectivity index (χ1n) is 6.10. The summed E-state index contributed by atoms with van der Waals surface area (Å²) in [5, 5.41) is 8.76. The molecule has 0 amide bonds. The molecule has 0 heterocycles. The second-order valence-corrected chi connectivity index (χ2v) is 4.45. The molecular formula is C15H22N2O.